The molecule has 34 heavy (non-hydrogen) atoms. The molecule has 0 radical (unpaired) electrons. The largest absolute Gasteiger partial charge is 0.496 e. The Morgan fingerprint density at radius 1 is 1.15 bits per heavy atom. The third-order valence-electron chi connectivity index (χ3n) is 6.36. The summed E-state index contributed by atoms with van der Waals surface area (Å²) in [5.41, 5.74) is 1.70. The maximum Gasteiger partial charge on any atom is 0.305 e. The quantitative estimate of drug-likeness (QED) is 0.490. The number of carbonyl (C=O) groups is 2. The van der Waals surface area contributed by atoms with Crippen LogP contribution < -0.4 is 14.8 Å². The van der Waals surface area contributed by atoms with Crippen LogP contribution in [-0.4, -0.2) is 47.0 Å². The number of methoxy groups -OCH3 is 2. The van der Waals surface area contributed by atoms with Crippen LogP contribution in [0.5, 0.6) is 11.5 Å². The van der Waals surface area contributed by atoms with Crippen molar-refractivity contribution in [2.45, 2.75) is 71.4 Å². The van der Waals surface area contributed by atoms with E-state index in [1.807, 2.05) is 32.0 Å². The molecule has 0 bridgehead atoms. The Balaban J connectivity index is 1.98. The van der Waals surface area contributed by atoms with E-state index in [0.717, 1.165) is 12.8 Å². The highest BCUT2D eigenvalue weighted by Crippen LogP contribution is 2.38. The van der Waals surface area contributed by atoms with Crippen molar-refractivity contribution in [1.82, 2.24) is 15.1 Å². The van der Waals surface area contributed by atoms with Crippen LogP contribution >= 0.6 is 0 Å². The van der Waals surface area contributed by atoms with Crippen molar-refractivity contribution in [3.8, 4) is 22.8 Å². The molecule has 1 aromatic heterocycles. The SMILES string of the molecule is COc1cccc(OC)c1-c1cc(C(=O)NC(CC(=O)O)CC(C)C)n(CC2CCCCC2)n1. The van der Waals surface area contributed by atoms with Crippen LogP contribution in [0.1, 0.15) is 69.3 Å². The molecule has 0 spiro atoms. The number of hydrogen-bond acceptors (Lipinski definition) is 5. The molecule has 2 aromatic rings. The molecule has 8 heteroatoms. The number of carboxylic acids is 1. The number of hydrogen-bond donors (Lipinski definition) is 2. The Morgan fingerprint density at radius 3 is 2.35 bits per heavy atom. The molecule has 1 saturated carbocycles. The van der Waals surface area contributed by atoms with Gasteiger partial charge in [-0.2, -0.15) is 5.10 Å². The fraction of sp³-hybridized carbons (Fsp3) is 0.577. The van der Waals surface area contributed by atoms with E-state index in [9.17, 15) is 14.7 Å². The molecule has 8 nitrogen and oxygen atoms in total. The lowest BCUT2D eigenvalue weighted by Crippen LogP contribution is -2.38. The summed E-state index contributed by atoms with van der Waals surface area (Å²) in [6.45, 7) is 4.68. The molecule has 0 saturated heterocycles. The monoisotopic (exact) mass is 471 g/mol. The molecule has 1 aromatic carbocycles. The van der Waals surface area contributed by atoms with Crippen LogP contribution in [0.3, 0.4) is 0 Å². The Labute approximate surface area is 201 Å². The average molecular weight is 472 g/mol. The molecule has 3 rings (SSSR count). The summed E-state index contributed by atoms with van der Waals surface area (Å²) >= 11 is 0. The van der Waals surface area contributed by atoms with Crippen molar-refractivity contribution < 1.29 is 24.2 Å². The third kappa shape index (κ3) is 6.52. The fourth-order valence-electron chi connectivity index (χ4n) is 4.81. The molecule has 1 heterocycles. The van der Waals surface area contributed by atoms with Crippen LogP contribution in [0.4, 0.5) is 0 Å². The highest BCUT2D eigenvalue weighted by molar-refractivity contribution is 5.94. The van der Waals surface area contributed by atoms with Gasteiger partial charge in [0, 0.05) is 12.6 Å². The molecule has 1 atom stereocenters. The van der Waals surface area contributed by atoms with Gasteiger partial charge >= 0.3 is 5.97 Å². The zero-order valence-corrected chi connectivity index (χ0v) is 20.7. The summed E-state index contributed by atoms with van der Waals surface area (Å²) in [6.07, 6.45) is 6.33. The number of benzene rings is 1. The lowest BCUT2D eigenvalue weighted by molar-refractivity contribution is -0.137. The van der Waals surface area contributed by atoms with Gasteiger partial charge in [0.1, 0.15) is 22.9 Å². The molecule has 1 unspecified atom stereocenters. The molecular weight excluding hydrogens is 434 g/mol. The molecule has 1 fully saturated rings. The number of rotatable bonds is 11. The summed E-state index contributed by atoms with van der Waals surface area (Å²) in [5, 5.41) is 17.1. The molecule has 186 valence electrons. The van der Waals surface area contributed by atoms with Crippen molar-refractivity contribution in [3.05, 3.63) is 30.0 Å². The van der Waals surface area contributed by atoms with E-state index in [1.165, 1.54) is 19.3 Å². The van der Waals surface area contributed by atoms with Gasteiger partial charge in [0.2, 0.25) is 0 Å². The van der Waals surface area contributed by atoms with Crippen molar-refractivity contribution in [2.24, 2.45) is 11.8 Å². The van der Waals surface area contributed by atoms with E-state index < -0.39 is 12.0 Å². The molecule has 0 aliphatic heterocycles. The van der Waals surface area contributed by atoms with Gasteiger partial charge in [-0.3, -0.25) is 14.3 Å². The maximum atomic E-state index is 13.4. The number of carbonyl (C=O) groups excluding carboxylic acids is 1. The Kier molecular flexibility index (Phi) is 8.96. The fourth-order valence-corrected chi connectivity index (χ4v) is 4.81. The predicted molar refractivity (Wildman–Crippen MR) is 130 cm³/mol. The highest BCUT2D eigenvalue weighted by Gasteiger charge is 2.26. The number of nitrogens with zero attached hydrogens (tertiary/aromatic N) is 2. The van der Waals surface area contributed by atoms with Crippen LogP contribution in [0.2, 0.25) is 0 Å². The zero-order chi connectivity index (χ0) is 24.7. The minimum atomic E-state index is -0.930. The summed E-state index contributed by atoms with van der Waals surface area (Å²) in [7, 11) is 3.18. The van der Waals surface area contributed by atoms with Gasteiger partial charge in [0.25, 0.3) is 5.91 Å². The Hall–Kier alpha value is -3.03. The zero-order valence-electron chi connectivity index (χ0n) is 20.7. The van der Waals surface area contributed by atoms with Crippen molar-refractivity contribution in [1.29, 1.82) is 0 Å². The Morgan fingerprint density at radius 2 is 1.79 bits per heavy atom. The number of amides is 1. The molecule has 1 amide bonds. The van der Waals surface area contributed by atoms with Crippen molar-refractivity contribution in [2.75, 3.05) is 14.2 Å². The van der Waals surface area contributed by atoms with Gasteiger partial charge in [0.15, 0.2) is 0 Å². The van der Waals surface area contributed by atoms with E-state index in [0.29, 0.717) is 47.3 Å². The normalized spacial score (nSPS) is 15.2. The van der Waals surface area contributed by atoms with Gasteiger partial charge in [-0.15, -0.1) is 0 Å². The lowest BCUT2D eigenvalue weighted by Gasteiger charge is -2.23. The number of aliphatic carboxylic acids is 1. The van der Waals surface area contributed by atoms with Crippen LogP contribution in [0.15, 0.2) is 24.3 Å². The minimum absolute atomic E-state index is 0.117. The highest BCUT2D eigenvalue weighted by atomic mass is 16.5. The van der Waals surface area contributed by atoms with Crippen molar-refractivity contribution in [3.63, 3.8) is 0 Å². The van der Waals surface area contributed by atoms with E-state index in [-0.39, 0.29) is 18.2 Å². The van der Waals surface area contributed by atoms with Gasteiger partial charge in [-0.25, -0.2) is 0 Å². The number of aromatic nitrogens is 2. The molecule has 1 aliphatic rings. The van der Waals surface area contributed by atoms with Crippen LogP contribution in [0.25, 0.3) is 11.3 Å². The minimum Gasteiger partial charge on any atom is -0.496 e. The first-order valence-electron chi connectivity index (χ1n) is 12.1. The molecule has 1 aliphatic carbocycles. The van der Waals surface area contributed by atoms with Gasteiger partial charge in [0.05, 0.1) is 26.2 Å². The number of nitrogens with one attached hydrogen (secondary N) is 1. The smallest absolute Gasteiger partial charge is 0.305 e. The standard InChI is InChI=1S/C26H37N3O5/c1-17(2)13-19(14-24(30)31)27-26(32)21-15-20(25-22(33-3)11-8-12-23(25)34-4)28-29(21)16-18-9-6-5-7-10-18/h8,11-12,15,17-19H,5-7,9-10,13-14,16H2,1-4H3,(H,27,32)(H,30,31). The van der Waals surface area contributed by atoms with E-state index in [1.54, 1.807) is 25.0 Å². The predicted octanol–water partition coefficient (Wildman–Crippen LogP) is 4.77. The topological polar surface area (TPSA) is 103 Å². The van der Waals surface area contributed by atoms with Gasteiger partial charge in [-0.05, 0) is 49.3 Å². The first-order chi connectivity index (χ1) is 16.3. The number of ether oxygens (including phenoxy) is 2. The van der Waals surface area contributed by atoms with Gasteiger partial charge in [-0.1, -0.05) is 39.2 Å². The number of carboxylic acid groups (broad SMARTS) is 1. The van der Waals surface area contributed by atoms with E-state index in [2.05, 4.69) is 5.32 Å². The second-order valence-corrected chi connectivity index (χ2v) is 9.54. The molecular formula is C26H37N3O5. The Bertz CT molecular complexity index is 957. The van der Waals surface area contributed by atoms with Crippen molar-refractivity contribution >= 4 is 11.9 Å². The summed E-state index contributed by atoms with van der Waals surface area (Å²) in [6, 6.07) is 6.82. The molecule has 2 N–H and O–H groups in total. The van der Waals surface area contributed by atoms with E-state index >= 15 is 0 Å². The average Bonchev–Trinajstić information content (AvgIpc) is 3.21. The first kappa shape index (κ1) is 25.6. The van der Waals surface area contributed by atoms with Crippen LogP contribution in [0, 0.1) is 11.8 Å². The maximum absolute atomic E-state index is 13.4. The van der Waals surface area contributed by atoms with E-state index in [4.69, 9.17) is 14.6 Å². The third-order valence-corrected chi connectivity index (χ3v) is 6.36. The van der Waals surface area contributed by atoms with Gasteiger partial charge < -0.3 is 19.9 Å². The summed E-state index contributed by atoms with van der Waals surface area (Å²) < 4.78 is 12.9. The summed E-state index contributed by atoms with van der Waals surface area (Å²) in [5.74, 6) is 0.689. The lowest BCUT2D eigenvalue weighted by atomic mass is 9.89. The van der Waals surface area contributed by atoms with Crippen LogP contribution in [-0.2, 0) is 11.3 Å². The second kappa shape index (κ2) is 11.9. The summed E-state index contributed by atoms with van der Waals surface area (Å²) in [4.78, 5) is 24.8. The second-order valence-electron chi connectivity index (χ2n) is 9.54. The first-order valence-corrected chi connectivity index (χ1v) is 12.1.